The van der Waals surface area contributed by atoms with E-state index in [-0.39, 0.29) is 23.8 Å². The molecule has 1 atom stereocenters. The lowest BCUT2D eigenvalue weighted by molar-refractivity contribution is -0.148. The van der Waals surface area contributed by atoms with Crippen molar-refractivity contribution in [3.05, 3.63) is 41.2 Å². The van der Waals surface area contributed by atoms with Crippen LogP contribution in [0.5, 0.6) is 0 Å². The summed E-state index contributed by atoms with van der Waals surface area (Å²) >= 11 is 0. The maximum Gasteiger partial charge on any atom is 0.306 e. The van der Waals surface area contributed by atoms with E-state index in [1.165, 1.54) is 0 Å². The summed E-state index contributed by atoms with van der Waals surface area (Å²) in [4.78, 5) is 24.1. The number of aryl methyl sites for hydroxylation is 2. The summed E-state index contributed by atoms with van der Waals surface area (Å²) < 4.78 is 29.7. The van der Waals surface area contributed by atoms with Gasteiger partial charge in [-0.15, -0.1) is 0 Å². The Labute approximate surface area is 170 Å². The average molecular weight is 420 g/mol. The minimum absolute atomic E-state index is 0.00484. The first-order valence-corrected chi connectivity index (χ1v) is 11.3. The number of anilines is 1. The van der Waals surface area contributed by atoms with Gasteiger partial charge in [-0.1, -0.05) is 17.7 Å². The molecule has 1 N–H and O–H groups in total. The Balaban J connectivity index is 1.57. The van der Waals surface area contributed by atoms with E-state index in [1.807, 2.05) is 38.1 Å². The van der Waals surface area contributed by atoms with Crippen LogP contribution in [0.4, 0.5) is 5.69 Å². The van der Waals surface area contributed by atoms with Gasteiger partial charge in [0, 0.05) is 6.42 Å². The lowest BCUT2D eigenvalue weighted by atomic mass is 10.1. The number of rotatable bonds is 6. The van der Waals surface area contributed by atoms with E-state index in [0.29, 0.717) is 17.8 Å². The minimum atomic E-state index is -3.04. The Morgan fingerprint density at radius 3 is 2.52 bits per heavy atom. The molecule has 0 radical (unpaired) electrons. The van der Waals surface area contributed by atoms with Crippen molar-refractivity contribution in [2.75, 3.05) is 23.4 Å². The van der Waals surface area contributed by atoms with Crippen LogP contribution in [0.3, 0.4) is 0 Å². The first-order valence-electron chi connectivity index (χ1n) is 9.44. The molecule has 1 fully saturated rings. The highest BCUT2D eigenvalue weighted by Crippen LogP contribution is 2.24. The van der Waals surface area contributed by atoms with Gasteiger partial charge in [0.15, 0.2) is 16.4 Å². The van der Waals surface area contributed by atoms with E-state index in [2.05, 4.69) is 10.4 Å². The number of esters is 1. The van der Waals surface area contributed by atoms with Crippen molar-refractivity contribution in [3.8, 4) is 5.69 Å². The van der Waals surface area contributed by atoms with Crippen LogP contribution in [0.2, 0.25) is 0 Å². The van der Waals surface area contributed by atoms with Crippen molar-refractivity contribution in [2.24, 2.45) is 5.92 Å². The Bertz CT molecular complexity index is 1030. The van der Waals surface area contributed by atoms with Crippen LogP contribution in [0.25, 0.3) is 5.69 Å². The summed E-state index contributed by atoms with van der Waals surface area (Å²) in [6, 6.07) is 7.87. The molecule has 9 heteroatoms. The number of hydrogen-bond donors (Lipinski definition) is 1. The molecule has 29 heavy (non-hydrogen) atoms. The number of ether oxygens (including phenoxy) is 1. The number of carbonyl (C=O) groups is 2. The quantitative estimate of drug-likeness (QED) is 0.719. The van der Waals surface area contributed by atoms with Gasteiger partial charge in [-0.2, -0.15) is 5.10 Å². The SMILES string of the molecule is Cc1ccc(-n2nc(C)c(NC(=O)COC(=O)C[C@@H]3CCS(=O)(=O)C3)c2C)cc1. The number of hydrogen-bond acceptors (Lipinski definition) is 6. The van der Waals surface area contributed by atoms with Gasteiger partial charge in [-0.3, -0.25) is 9.59 Å². The number of aromatic nitrogens is 2. The van der Waals surface area contributed by atoms with E-state index in [4.69, 9.17) is 4.74 Å². The highest BCUT2D eigenvalue weighted by Gasteiger charge is 2.30. The Morgan fingerprint density at radius 1 is 1.21 bits per heavy atom. The predicted octanol–water partition coefficient (Wildman–Crippen LogP) is 2.10. The van der Waals surface area contributed by atoms with Crippen LogP contribution in [0, 0.1) is 26.7 Å². The Kier molecular flexibility index (Phi) is 6.07. The molecule has 1 aliphatic rings. The lowest BCUT2D eigenvalue weighted by Crippen LogP contribution is -2.22. The van der Waals surface area contributed by atoms with Crippen LogP contribution in [0.1, 0.15) is 29.8 Å². The van der Waals surface area contributed by atoms with Gasteiger partial charge < -0.3 is 10.1 Å². The second kappa shape index (κ2) is 8.36. The van der Waals surface area contributed by atoms with Crippen molar-refractivity contribution in [3.63, 3.8) is 0 Å². The van der Waals surface area contributed by atoms with Crippen molar-refractivity contribution in [1.82, 2.24) is 9.78 Å². The molecule has 8 nitrogen and oxygen atoms in total. The second-order valence-corrected chi connectivity index (χ2v) is 9.70. The molecular weight excluding hydrogens is 394 g/mol. The summed E-state index contributed by atoms with van der Waals surface area (Å²) in [5.74, 6) is -1.15. The van der Waals surface area contributed by atoms with Crippen LogP contribution in [-0.4, -0.2) is 48.2 Å². The number of benzene rings is 1. The number of nitrogens with zero attached hydrogens (tertiary/aromatic N) is 2. The molecule has 3 rings (SSSR count). The van der Waals surface area contributed by atoms with Crippen LogP contribution in [-0.2, 0) is 24.2 Å². The average Bonchev–Trinajstić information content (AvgIpc) is 3.13. The number of amides is 1. The van der Waals surface area contributed by atoms with Gasteiger partial charge in [-0.05, 0) is 45.2 Å². The highest BCUT2D eigenvalue weighted by molar-refractivity contribution is 7.91. The smallest absolute Gasteiger partial charge is 0.306 e. The monoisotopic (exact) mass is 419 g/mol. The molecule has 1 aromatic heterocycles. The maximum absolute atomic E-state index is 12.2. The van der Waals surface area contributed by atoms with Crippen LogP contribution in [0.15, 0.2) is 24.3 Å². The first-order chi connectivity index (χ1) is 13.6. The largest absolute Gasteiger partial charge is 0.456 e. The van der Waals surface area contributed by atoms with Gasteiger partial charge in [0.25, 0.3) is 5.91 Å². The van der Waals surface area contributed by atoms with E-state index >= 15 is 0 Å². The maximum atomic E-state index is 12.2. The van der Waals surface area contributed by atoms with Gasteiger partial charge in [0.05, 0.1) is 34.3 Å². The molecule has 0 unspecified atom stereocenters. The zero-order chi connectivity index (χ0) is 21.2. The lowest BCUT2D eigenvalue weighted by Gasteiger charge is -2.09. The van der Waals surface area contributed by atoms with Gasteiger partial charge >= 0.3 is 5.97 Å². The second-order valence-electron chi connectivity index (χ2n) is 7.48. The fourth-order valence-electron chi connectivity index (χ4n) is 3.41. The fraction of sp³-hybridized carbons (Fsp3) is 0.450. The topological polar surface area (TPSA) is 107 Å². The number of nitrogens with one attached hydrogen (secondary N) is 1. The van der Waals surface area contributed by atoms with E-state index in [9.17, 15) is 18.0 Å². The predicted molar refractivity (Wildman–Crippen MR) is 109 cm³/mol. The molecule has 0 aliphatic carbocycles. The molecular formula is C20H25N3O5S. The van der Waals surface area contributed by atoms with Crippen molar-refractivity contribution in [1.29, 1.82) is 0 Å². The minimum Gasteiger partial charge on any atom is -0.456 e. The Morgan fingerprint density at radius 2 is 1.90 bits per heavy atom. The molecule has 156 valence electrons. The zero-order valence-electron chi connectivity index (χ0n) is 16.8. The summed E-state index contributed by atoms with van der Waals surface area (Å²) in [5.41, 5.74) is 4.02. The van der Waals surface area contributed by atoms with Crippen LogP contribution >= 0.6 is 0 Å². The van der Waals surface area contributed by atoms with Gasteiger partial charge in [0.2, 0.25) is 0 Å². The van der Waals surface area contributed by atoms with E-state index in [0.717, 1.165) is 16.9 Å². The van der Waals surface area contributed by atoms with Gasteiger partial charge in [0.1, 0.15) is 0 Å². The molecule has 0 saturated carbocycles. The standard InChI is InChI=1S/C20H25N3O5S/c1-13-4-6-17(7-5-13)23-15(3)20(14(2)22-23)21-18(24)11-28-19(25)10-16-8-9-29(26,27)12-16/h4-7,16H,8-12H2,1-3H3,(H,21,24)/t16-/m0/s1. The van der Waals surface area contributed by atoms with Crippen molar-refractivity contribution < 1.29 is 22.7 Å². The third-order valence-corrected chi connectivity index (χ3v) is 6.82. The van der Waals surface area contributed by atoms with Crippen molar-refractivity contribution >= 4 is 27.4 Å². The number of carbonyl (C=O) groups excluding carboxylic acids is 2. The molecule has 0 bridgehead atoms. The first kappa shape index (κ1) is 21.0. The zero-order valence-corrected chi connectivity index (χ0v) is 17.6. The molecule has 0 spiro atoms. The third-order valence-electron chi connectivity index (χ3n) is 4.98. The summed E-state index contributed by atoms with van der Waals surface area (Å²) in [5, 5.41) is 7.22. The van der Waals surface area contributed by atoms with E-state index < -0.39 is 28.3 Å². The fourth-order valence-corrected chi connectivity index (χ4v) is 5.27. The summed E-state index contributed by atoms with van der Waals surface area (Å²) in [7, 11) is -3.04. The highest BCUT2D eigenvalue weighted by atomic mass is 32.2. The van der Waals surface area contributed by atoms with Crippen molar-refractivity contribution in [2.45, 2.75) is 33.6 Å². The molecule has 2 heterocycles. The number of sulfone groups is 1. The normalized spacial score (nSPS) is 17.8. The molecule has 2 aromatic rings. The Hall–Kier alpha value is -2.68. The molecule has 1 saturated heterocycles. The molecule has 1 amide bonds. The molecule has 1 aliphatic heterocycles. The van der Waals surface area contributed by atoms with E-state index in [1.54, 1.807) is 11.6 Å². The summed E-state index contributed by atoms with van der Waals surface area (Å²) in [6.45, 7) is 5.22. The summed E-state index contributed by atoms with van der Waals surface area (Å²) in [6.07, 6.45) is 0.468. The molecule has 1 aromatic carbocycles. The third kappa shape index (κ3) is 5.23. The van der Waals surface area contributed by atoms with Gasteiger partial charge in [-0.25, -0.2) is 13.1 Å². The van der Waals surface area contributed by atoms with Crippen LogP contribution < -0.4 is 5.32 Å².